The fourth-order valence-electron chi connectivity index (χ4n) is 0. The first-order valence-electron chi connectivity index (χ1n) is 1.03. The fraction of sp³-hybridized carbons (Fsp3) is 0. The third-order valence-electron chi connectivity index (χ3n) is 0. The Kier molecular flexibility index (Phi) is 11200. The summed E-state index contributed by atoms with van der Waals surface area (Å²) in [5.41, 5.74) is 0. The van der Waals surface area contributed by atoms with Crippen LogP contribution < -0.4 is 23.6 Å². The Labute approximate surface area is 66.8 Å². The van der Waals surface area contributed by atoms with Crippen LogP contribution >= 0.6 is 0 Å². The van der Waals surface area contributed by atoms with Crippen LogP contribution in [-0.2, 0) is 21.7 Å². The molecule has 9 heavy (non-hydrogen) atoms. The molecule has 0 aliphatic rings. The Morgan fingerprint density at radius 2 is 0.444 bits per heavy atom. The summed E-state index contributed by atoms with van der Waals surface area (Å²) < 4.78 is 0. The van der Waals surface area contributed by atoms with Crippen LogP contribution in [0.3, 0.4) is 0 Å². The predicted octanol–water partition coefficient (Wildman–Crippen LogP) is -2.67. The SMILES string of the molecule is NO.NO.NO.NO.[Ti]. The molecule has 0 radical (unpaired) electrons. The minimum Gasteiger partial charge on any atom is -0.320 e. The van der Waals surface area contributed by atoms with Crippen molar-refractivity contribution in [3.05, 3.63) is 0 Å². The molecule has 9 heteroatoms. The monoisotopic (exact) mass is 180 g/mol. The molecule has 0 fully saturated rings. The second-order valence-electron chi connectivity index (χ2n) is 0. The molecule has 8 nitrogen and oxygen atoms in total. The molecule has 0 atom stereocenters. The van der Waals surface area contributed by atoms with Gasteiger partial charge in [-0.2, -0.15) is 0 Å². The van der Waals surface area contributed by atoms with Gasteiger partial charge in [-0.05, 0) is 0 Å². The number of hydrogen-bond donors (Lipinski definition) is 8. The van der Waals surface area contributed by atoms with Gasteiger partial charge >= 0.3 is 0 Å². The minimum atomic E-state index is 0. The summed E-state index contributed by atoms with van der Waals surface area (Å²) in [7, 11) is 0. The van der Waals surface area contributed by atoms with Crippen molar-refractivity contribution in [2.45, 2.75) is 0 Å². The predicted molar refractivity (Wildman–Crippen MR) is 23.9 cm³/mol. The Bertz CT molecular complexity index is 12.5. The number of hydrogen-bond acceptors (Lipinski definition) is 8. The second-order valence-corrected chi connectivity index (χ2v) is 0. The van der Waals surface area contributed by atoms with E-state index in [1.165, 1.54) is 0 Å². The summed E-state index contributed by atoms with van der Waals surface area (Å²) >= 11 is 0. The molecule has 0 rings (SSSR count). The minimum absolute atomic E-state index is 0. The van der Waals surface area contributed by atoms with Gasteiger partial charge in [0.15, 0.2) is 0 Å². The summed E-state index contributed by atoms with van der Waals surface area (Å²) in [6.07, 6.45) is 0. The zero-order valence-corrected chi connectivity index (χ0v) is 6.16. The van der Waals surface area contributed by atoms with E-state index in [0.29, 0.717) is 0 Å². The topological polar surface area (TPSA) is 185 Å². The van der Waals surface area contributed by atoms with Crippen molar-refractivity contribution in [3.8, 4) is 0 Å². The average Bonchev–Trinajstić information content (AvgIpc) is 2.03. The maximum Gasteiger partial charge on any atom is 0 e. The standard InChI is InChI=1S/4H3NO.Ti/c4*1-2;/h4*2H,1H2;. The average molecular weight is 180 g/mol. The van der Waals surface area contributed by atoms with Gasteiger partial charge in [0, 0.05) is 21.7 Å². The summed E-state index contributed by atoms with van der Waals surface area (Å²) in [5, 5.41) is 26.0. The van der Waals surface area contributed by atoms with Gasteiger partial charge in [-0.15, -0.1) is 0 Å². The first kappa shape index (κ1) is 34.3. The maximum absolute atomic E-state index is 6.50. The molecule has 0 unspecified atom stereocenters. The van der Waals surface area contributed by atoms with Crippen LogP contribution in [0.2, 0.25) is 0 Å². The largest absolute Gasteiger partial charge is 0.320 e. The van der Waals surface area contributed by atoms with Gasteiger partial charge in [-0.3, -0.25) is 0 Å². The van der Waals surface area contributed by atoms with Crippen molar-refractivity contribution >= 4 is 0 Å². The molecule has 0 aromatic rings. The molecule has 0 bridgehead atoms. The van der Waals surface area contributed by atoms with Crippen molar-refractivity contribution in [1.82, 2.24) is 0 Å². The molecule has 12 N–H and O–H groups in total. The summed E-state index contributed by atoms with van der Waals surface area (Å²) in [4.78, 5) is 0. The van der Waals surface area contributed by atoms with Crippen molar-refractivity contribution < 1.29 is 42.5 Å². The van der Waals surface area contributed by atoms with Gasteiger partial charge in [0.1, 0.15) is 0 Å². The van der Waals surface area contributed by atoms with Crippen LogP contribution in [0.5, 0.6) is 0 Å². The van der Waals surface area contributed by atoms with Crippen LogP contribution in [-0.4, -0.2) is 20.8 Å². The van der Waals surface area contributed by atoms with Crippen LogP contribution in [0.4, 0.5) is 0 Å². The molecular formula is H12N4O4Ti. The Balaban J connectivity index is -0.00000000762. The molecule has 0 saturated heterocycles. The fourth-order valence-corrected chi connectivity index (χ4v) is 0. The smallest absolute Gasteiger partial charge is 0 e. The normalized spacial score (nSPS) is 2.67. The van der Waals surface area contributed by atoms with Gasteiger partial charge in [-0.1, -0.05) is 0 Å². The van der Waals surface area contributed by atoms with E-state index in [9.17, 15) is 0 Å². The summed E-state index contributed by atoms with van der Waals surface area (Å²) in [5.74, 6) is 14.0. The Morgan fingerprint density at radius 1 is 0.444 bits per heavy atom. The third-order valence-corrected chi connectivity index (χ3v) is 0. The zero-order valence-electron chi connectivity index (χ0n) is 4.60. The van der Waals surface area contributed by atoms with Crippen molar-refractivity contribution in [3.63, 3.8) is 0 Å². The van der Waals surface area contributed by atoms with E-state index in [2.05, 4.69) is 23.6 Å². The molecule has 60 valence electrons. The molecule has 0 heterocycles. The van der Waals surface area contributed by atoms with E-state index in [0.717, 1.165) is 0 Å². The molecule has 0 amide bonds. The van der Waals surface area contributed by atoms with Gasteiger partial charge < -0.3 is 20.8 Å². The van der Waals surface area contributed by atoms with E-state index in [4.69, 9.17) is 20.8 Å². The quantitative estimate of drug-likeness (QED) is 0.146. The second kappa shape index (κ2) is 2950. The van der Waals surface area contributed by atoms with Gasteiger partial charge in [0.05, 0.1) is 0 Å². The first-order valence-corrected chi connectivity index (χ1v) is 1.03. The molecule has 0 aliphatic heterocycles. The van der Waals surface area contributed by atoms with Gasteiger partial charge in [-0.25, -0.2) is 23.6 Å². The van der Waals surface area contributed by atoms with E-state index < -0.39 is 0 Å². The van der Waals surface area contributed by atoms with Crippen molar-refractivity contribution in [2.75, 3.05) is 0 Å². The van der Waals surface area contributed by atoms with E-state index in [-0.39, 0.29) is 21.7 Å². The van der Waals surface area contributed by atoms with Gasteiger partial charge in [0.25, 0.3) is 0 Å². The maximum atomic E-state index is 6.50. The molecule has 0 saturated carbocycles. The van der Waals surface area contributed by atoms with Crippen LogP contribution in [0, 0.1) is 0 Å². The molecule has 0 aromatic heterocycles. The zero-order chi connectivity index (χ0) is 8.00. The van der Waals surface area contributed by atoms with E-state index >= 15 is 0 Å². The number of nitrogens with two attached hydrogens (primary N) is 4. The van der Waals surface area contributed by atoms with E-state index in [1.807, 2.05) is 0 Å². The Hall–Kier alpha value is 0.394. The van der Waals surface area contributed by atoms with Crippen LogP contribution in [0.15, 0.2) is 0 Å². The molecule has 0 aliphatic carbocycles. The van der Waals surface area contributed by atoms with Crippen LogP contribution in [0.25, 0.3) is 0 Å². The molecular weight excluding hydrogens is 168 g/mol. The Morgan fingerprint density at radius 3 is 0.444 bits per heavy atom. The van der Waals surface area contributed by atoms with Crippen molar-refractivity contribution in [1.29, 1.82) is 0 Å². The summed E-state index contributed by atoms with van der Waals surface area (Å²) in [6.45, 7) is 0. The van der Waals surface area contributed by atoms with Crippen molar-refractivity contribution in [2.24, 2.45) is 23.6 Å². The number of rotatable bonds is 0. The van der Waals surface area contributed by atoms with Crippen LogP contribution in [0.1, 0.15) is 0 Å². The van der Waals surface area contributed by atoms with E-state index in [1.54, 1.807) is 0 Å². The molecule has 0 spiro atoms. The van der Waals surface area contributed by atoms with Gasteiger partial charge in [0.2, 0.25) is 0 Å². The molecule has 0 aromatic carbocycles. The summed E-state index contributed by atoms with van der Waals surface area (Å²) in [6, 6.07) is 0. The third kappa shape index (κ3) is 2210. The first-order chi connectivity index (χ1) is 4.00.